The molecule has 0 bridgehead atoms. The first-order chi connectivity index (χ1) is 9.09. The molecule has 6 heteroatoms. The van der Waals surface area contributed by atoms with E-state index in [9.17, 15) is 4.79 Å². The molecule has 0 unspecified atom stereocenters. The van der Waals surface area contributed by atoms with Gasteiger partial charge in [0.15, 0.2) is 6.39 Å². The van der Waals surface area contributed by atoms with Crippen molar-refractivity contribution in [2.24, 2.45) is 0 Å². The zero-order chi connectivity index (χ0) is 13.8. The molecule has 100 valence electrons. The second-order valence-electron chi connectivity index (χ2n) is 4.33. The molecule has 0 aliphatic rings. The zero-order valence-electron chi connectivity index (χ0n) is 11.2. The van der Waals surface area contributed by atoms with Crippen molar-refractivity contribution in [1.29, 1.82) is 0 Å². The van der Waals surface area contributed by atoms with E-state index < -0.39 is 0 Å². The average molecular weight is 260 g/mol. The number of carbonyl (C=O) groups excluding carboxylic acids is 1. The van der Waals surface area contributed by atoms with E-state index in [0.29, 0.717) is 12.2 Å². The molecular weight excluding hydrogens is 244 g/mol. The van der Waals surface area contributed by atoms with E-state index in [1.807, 2.05) is 31.1 Å². The minimum Gasteiger partial charge on any atom is -0.438 e. The fourth-order valence-electron chi connectivity index (χ4n) is 1.75. The summed E-state index contributed by atoms with van der Waals surface area (Å²) in [5.74, 6) is 0.802. The molecule has 0 aliphatic heterocycles. The van der Waals surface area contributed by atoms with Gasteiger partial charge in [0.25, 0.3) is 5.91 Å². The van der Waals surface area contributed by atoms with Gasteiger partial charge in [-0.1, -0.05) is 6.07 Å². The summed E-state index contributed by atoms with van der Waals surface area (Å²) in [6, 6.07) is 3.77. The third kappa shape index (κ3) is 2.90. The molecular formula is C13H16N4O2. The molecule has 2 rings (SSSR count). The van der Waals surface area contributed by atoms with Crippen LogP contribution in [0.2, 0.25) is 0 Å². The summed E-state index contributed by atoms with van der Waals surface area (Å²) in [5.41, 5.74) is 1.52. The number of oxazole rings is 1. The first-order valence-corrected chi connectivity index (χ1v) is 5.89. The smallest absolute Gasteiger partial charge is 0.289 e. The normalized spacial score (nSPS) is 10.3. The molecule has 19 heavy (non-hydrogen) atoms. The molecule has 0 atom stereocenters. The van der Waals surface area contributed by atoms with Gasteiger partial charge in [-0.05, 0) is 13.0 Å². The summed E-state index contributed by atoms with van der Waals surface area (Å²) in [6.45, 7) is 2.12. The highest BCUT2D eigenvalue weighted by atomic mass is 16.3. The van der Waals surface area contributed by atoms with Crippen molar-refractivity contribution in [3.8, 4) is 0 Å². The number of pyridine rings is 1. The number of hydrogen-bond acceptors (Lipinski definition) is 5. The van der Waals surface area contributed by atoms with Gasteiger partial charge >= 0.3 is 0 Å². The minimum absolute atomic E-state index is 0.246. The Labute approximate surface area is 111 Å². The molecule has 0 saturated heterocycles. The van der Waals surface area contributed by atoms with Crippen LogP contribution in [0.1, 0.15) is 21.8 Å². The lowest BCUT2D eigenvalue weighted by Crippen LogP contribution is -2.24. The van der Waals surface area contributed by atoms with Crippen molar-refractivity contribution in [2.45, 2.75) is 13.5 Å². The monoisotopic (exact) mass is 260 g/mol. The van der Waals surface area contributed by atoms with E-state index in [-0.39, 0.29) is 11.7 Å². The van der Waals surface area contributed by atoms with Crippen molar-refractivity contribution in [3.63, 3.8) is 0 Å². The van der Waals surface area contributed by atoms with Crippen LogP contribution in [0.3, 0.4) is 0 Å². The predicted molar refractivity (Wildman–Crippen MR) is 71.0 cm³/mol. The van der Waals surface area contributed by atoms with Gasteiger partial charge in [0.2, 0.25) is 5.76 Å². The molecule has 2 heterocycles. The van der Waals surface area contributed by atoms with Gasteiger partial charge in [-0.3, -0.25) is 4.79 Å². The highest BCUT2D eigenvalue weighted by Gasteiger charge is 2.14. The van der Waals surface area contributed by atoms with E-state index in [4.69, 9.17) is 4.42 Å². The summed E-state index contributed by atoms with van der Waals surface area (Å²) >= 11 is 0. The molecule has 1 amide bonds. The number of anilines is 1. The van der Waals surface area contributed by atoms with Gasteiger partial charge in [-0.25, -0.2) is 9.97 Å². The third-order valence-electron chi connectivity index (χ3n) is 2.68. The number of aromatic nitrogens is 2. The fraction of sp³-hybridized carbons (Fsp3) is 0.308. The Balaban J connectivity index is 2.07. The Hall–Kier alpha value is -2.37. The van der Waals surface area contributed by atoms with Gasteiger partial charge in [-0.15, -0.1) is 0 Å². The van der Waals surface area contributed by atoms with E-state index in [2.05, 4.69) is 15.3 Å². The van der Waals surface area contributed by atoms with Gasteiger partial charge < -0.3 is 14.6 Å². The van der Waals surface area contributed by atoms with Crippen LogP contribution < -0.4 is 10.2 Å². The van der Waals surface area contributed by atoms with Crippen LogP contribution in [0.4, 0.5) is 5.82 Å². The number of nitrogens with zero attached hydrogens (tertiary/aromatic N) is 3. The standard InChI is InChI=1S/C13H16N4O2/c1-9-11(19-8-16-9)13(18)15-7-10-5-4-6-14-12(10)17(2)3/h4-6,8H,7H2,1-3H3,(H,15,18). The molecule has 2 aromatic heterocycles. The second kappa shape index (κ2) is 5.51. The van der Waals surface area contributed by atoms with E-state index >= 15 is 0 Å². The highest BCUT2D eigenvalue weighted by molar-refractivity contribution is 5.92. The average Bonchev–Trinajstić information content (AvgIpc) is 2.82. The van der Waals surface area contributed by atoms with E-state index in [1.165, 1.54) is 6.39 Å². The quantitative estimate of drug-likeness (QED) is 0.899. The number of nitrogens with one attached hydrogen (secondary N) is 1. The van der Waals surface area contributed by atoms with Gasteiger partial charge in [0, 0.05) is 32.4 Å². The van der Waals surface area contributed by atoms with Crippen LogP contribution in [0.15, 0.2) is 29.1 Å². The van der Waals surface area contributed by atoms with Crippen LogP contribution in [-0.4, -0.2) is 30.0 Å². The van der Waals surface area contributed by atoms with Crippen LogP contribution in [0.25, 0.3) is 0 Å². The SMILES string of the molecule is Cc1ncoc1C(=O)NCc1cccnc1N(C)C. The molecule has 0 saturated carbocycles. The lowest BCUT2D eigenvalue weighted by molar-refractivity contribution is 0.0922. The minimum atomic E-state index is -0.274. The topological polar surface area (TPSA) is 71.3 Å². The maximum atomic E-state index is 11.9. The first-order valence-electron chi connectivity index (χ1n) is 5.89. The summed E-state index contributed by atoms with van der Waals surface area (Å²) in [6.07, 6.45) is 2.99. The van der Waals surface area contributed by atoms with Crippen molar-refractivity contribution >= 4 is 11.7 Å². The van der Waals surface area contributed by atoms with E-state index in [1.54, 1.807) is 13.1 Å². The molecule has 0 spiro atoms. The number of hydrogen-bond donors (Lipinski definition) is 1. The lowest BCUT2D eigenvalue weighted by Gasteiger charge is -2.15. The molecule has 0 fully saturated rings. The number of carbonyl (C=O) groups is 1. The Bertz CT molecular complexity index is 578. The predicted octanol–water partition coefficient (Wildman–Crippen LogP) is 1.37. The fourth-order valence-corrected chi connectivity index (χ4v) is 1.75. The Kier molecular flexibility index (Phi) is 3.79. The lowest BCUT2D eigenvalue weighted by atomic mass is 10.2. The van der Waals surface area contributed by atoms with Crippen LogP contribution >= 0.6 is 0 Å². The van der Waals surface area contributed by atoms with Gasteiger partial charge in [0.1, 0.15) is 5.82 Å². The summed E-state index contributed by atoms with van der Waals surface area (Å²) in [7, 11) is 3.82. The van der Waals surface area contributed by atoms with Gasteiger partial charge in [-0.2, -0.15) is 0 Å². The molecule has 6 nitrogen and oxygen atoms in total. The van der Waals surface area contributed by atoms with Crippen molar-refractivity contribution in [1.82, 2.24) is 15.3 Å². The summed E-state index contributed by atoms with van der Waals surface area (Å²) in [5, 5.41) is 2.80. The Morgan fingerprint density at radius 1 is 1.42 bits per heavy atom. The molecule has 2 aromatic rings. The second-order valence-corrected chi connectivity index (χ2v) is 4.33. The van der Waals surface area contributed by atoms with Crippen LogP contribution in [0, 0.1) is 6.92 Å². The van der Waals surface area contributed by atoms with Gasteiger partial charge in [0.05, 0.1) is 5.69 Å². The molecule has 1 N–H and O–H groups in total. The van der Waals surface area contributed by atoms with Crippen LogP contribution in [-0.2, 0) is 6.54 Å². The van der Waals surface area contributed by atoms with Crippen LogP contribution in [0.5, 0.6) is 0 Å². The zero-order valence-corrected chi connectivity index (χ0v) is 11.2. The number of amides is 1. The summed E-state index contributed by atoms with van der Waals surface area (Å²) < 4.78 is 5.04. The maximum Gasteiger partial charge on any atom is 0.289 e. The Morgan fingerprint density at radius 3 is 2.84 bits per heavy atom. The summed E-state index contributed by atoms with van der Waals surface area (Å²) in [4.78, 5) is 22.0. The third-order valence-corrected chi connectivity index (χ3v) is 2.68. The molecule has 0 aliphatic carbocycles. The highest BCUT2D eigenvalue weighted by Crippen LogP contribution is 2.14. The molecule has 0 radical (unpaired) electrons. The number of aryl methyl sites for hydroxylation is 1. The van der Waals surface area contributed by atoms with E-state index in [0.717, 1.165) is 11.4 Å². The Morgan fingerprint density at radius 2 is 2.21 bits per heavy atom. The first kappa shape index (κ1) is 13.1. The largest absolute Gasteiger partial charge is 0.438 e. The maximum absolute atomic E-state index is 11.9. The van der Waals surface area contributed by atoms with Crippen molar-refractivity contribution < 1.29 is 9.21 Å². The molecule has 0 aromatic carbocycles. The van der Waals surface area contributed by atoms with Crippen molar-refractivity contribution in [2.75, 3.05) is 19.0 Å². The van der Waals surface area contributed by atoms with Crippen molar-refractivity contribution in [3.05, 3.63) is 41.7 Å². The number of rotatable bonds is 4.